The predicted octanol–water partition coefficient (Wildman–Crippen LogP) is -0.938. The van der Waals surface area contributed by atoms with Crippen molar-refractivity contribution in [2.24, 2.45) is 5.84 Å². The SMILES string of the molecule is NNC(=O)CCN1C(=O)CSC1=O. The van der Waals surface area contributed by atoms with Crippen LogP contribution in [0.4, 0.5) is 4.79 Å². The Balaban J connectivity index is 2.40. The molecule has 1 saturated heterocycles. The minimum absolute atomic E-state index is 0.0501. The van der Waals surface area contributed by atoms with Crippen molar-refractivity contribution in [2.45, 2.75) is 6.42 Å². The third-order valence-electron chi connectivity index (χ3n) is 1.56. The van der Waals surface area contributed by atoms with E-state index in [-0.39, 0.29) is 29.9 Å². The van der Waals surface area contributed by atoms with Gasteiger partial charge in [0.1, 0.15) is 0 Å². The van der Waals surface area contributed by atoms with E-state index in [1.54, 1.807) is 0 Å². The molecule has 1 heterocycles. The molecule has 1 aliphatic rings. The monoisotopic (exact) mass is 203 g/mol. The van der Waals surface area contributed by atoms with Crippen LogP contribution in [-0.2, 0) is 9.59 Å². The maximum atomic E-state index is 11.0. The first-order valence-electron chi connectivity index (χ1n) is 3.61. The average molecular weight is 203 g/mol. The number of hydrogen-bond donors (Lipinski definition) is 2. The van der Waals surface area contributed by atoms with Gasteiger partial charge in [-0.25, -0.2) is 5.84 Å². The molecule has 7 heteroatoms. The van der Waals surface area contributed by atoms with Crippen molar-refractivity contribution in [1.29, 1.82) is 0 Å². The Kier molecular flexibility index (Phi) is 3.26. The zero-order chi connectivity index (χ0) is 9.84. The van der Waals surface area contributed by atoms with E-state index in [0.29, 0.717) is 0 Å². The second kappa shape index (κ2) is 4.24. The van der Waals surface area contributed by atoms with Crippen LogP contribution in [0.2, 0.25) is 0 Å². The van der Waals surface area contributed by atoms with E-state index in [1.165, 1.54) is 0 Å². The van der Waals surface area contributed by atoms with Crippen LogP contribution in [0.25, 0.3) is 0 Å². The van der Waals surface area contributed by atoms with Crippen molar-refractivity contribution in [1.82, 2.24) is 10.3 Å². The topological polar surface area (TPSA) is 92.5 Å². The van der Waals surface area contributed by atoms with Gasteiger partial charge in [-0.3, -0.25) is 24.7 Å². The van der Waals surface area contributed by atoms with E-state index in [0.717, 1.165) is 16.7 Å². The number of carbonyl (C=O) groups is 3. The lowest BCUT2D eigenvalue weighted by Gasteiger charge is -2.10. The molecular formula is C6H9N3O3S. The Morgan fingerprint density at radius 3 is 2.77 bits per heavy atom. The minimum Gasteiger partial charge on any atom is -0.294 e. The van der Waals surface area contributed by atoms with E-state index in [4.69, 9.17) is 5.84 Å². The summed E-state index contributed by atoms with van der Waals surface area (Å²) in [5, 5.41) is -0.296. The molecule has 0 atom stereocenters. The molecule has 0 aromatic heterocycles. The Bertz CT molecular complexity index is 240. The highest BCUT2D eigenvalue weighted by atomic mass is 32.2. The maximum absolute atomic E-state index is 11.0. The maximum Gasteiger partial charge on any atom is 0.288 e. The molecule has 0 unspecified atom stereocenters. The Morgan fingerprint density at radius 1 is 1.62 bits per heavy atom. The quantitative estimate of drug-likeness (QED) is 0.351. The standard InChI is InChI=1S/C6H9N3O3S/c7-8-4(10)1-2-9-5(11)3-13-6(9)12/h1-3,7H2,(H,8,10). The van der Waals surface area contributed by atoms with E-state index in [2.05, 4.69) is 0 Å². The van der Waals surface area contributed by atoms with Gasteiger partial charge in [-0.2, -0.15) is 0 Å². The van der Waals surface area contributed by atoms with Crippen molar-refractivity contribution >= 4 is 28.8 Å². The molecule has 0 radical (unpaired) electrons. The number of imide groups is 1. The zero-order valence-electron chi connectivity index (χ0n) is 6.78. The predicted molar refractivity (Wildman–Crippen MR) is 46.5 cm³/mol. The molecule has 6 nitrogen and oxygen atoms in total. The molecular weight excluding hydrogens is 194 g/mol. The van der Waals surface area contributed by atoms with Gasteiger partial charge in [0.25, 0.3) is 5.24 Å². The number of nitrogens with zero attached hydrogens (tertiary/aromatic N) is 1. The molecule has 0 aliphatic carbocycles. The Labute approximate surface area is 78.8 Å². The fraction of sp³-hybridized carbons (Fsp3) is 0.500. The lowest BCUT2D eigenvalue weighted by Crippen LogP contribution is -2.36. The van der Waals surface area contributed by atoms with Crippen LogP contribution in [0.15, 0.2) is 0 Å². The Hall–Kier alpha value is -1.08. The molecule has 0 aromatic carbocycles. The lowest BCUT2D eigenvalue weighted by atomic mass is 10.4. The van der Waals surface area contributed by atoms with Crippen LogP contribution in [0, 0.1) is 0 Å². The second-order valence-corrected chi connectivity index (χ2v) is 3.34. The number of carbonyl (C=O) groups excluding carboxylic acids is 3. The third-order valence-corrected chi connectivity index (χ3v) is 2.42. The summed E-state index contributed by atoms with van der Waals surface area (Å²) >= 11 is 0.947. The number of thioether (sulfide) groups is 1. The first kappa shape index (κ1) is 10.0. The average Bonchev–Trinajstić information content (AvgIpc) is 2.43. The molecule has 13 heavy (non-hydrogen) atoms. The summed E-state index contributed by atoms with van der Waals surface area (Å²) in [5.41, 5.74) is 1.92. The molecule has 1 rings (SSSR count). The van der Waals surface area contributed by atoms with Crippen LogP contribution in [0.5, 0.6) is 0 Å². The highest BCUT2D eigenvalue weighted by Gasteiger charge is 2.29. The lowest BCUT2D eigenvalue weighted by molar-refractivity contribution is -0.125. The third kappa shape index (κ3) is 2.43. The molecule has 0 bridgehead atoms. The number of rotatable bonds is 3. The Morgan fingerprint density at radius 2 is 2.31 bits per heavy atom. The van der Waals surface area contributed by atoms with Crippen LogP contribution in [0.3, 0.4) is 0 Å². The van der Waals surface area contributed by atoms with Gasteiger partial charge in [0.15, 0.2) is 0 Å². The molecule has 1 aliphatic heterocycles. The zero-order valence-corrected chi connectivity index (χ0v) is 7.60. The molecule has 0 aromatic rings. The summed E-state index contributed by atoms with van der Waals surface area (Å²) < 4.78 is 0. The fourth-order valence-corrected chi connectivity index (χ4v) is 1.63. The summed E-state index contributed by atoms with van der Waals surface area (Å²) in [4.78, 5) is 33.7. The summed E-state index contributed by atoms with van der Waals surface area (Å²) in [7, 11) is 0. The van der Waals surface area contributed by atoms with Gasteiger partial charge in [0.05, 0.1) is 5.75 Å². The van der Waals surface area contributed by atoms with Gasteiger partial charge in [-0.1, -0.05) is 11.8 Å². The molecule has 3 amide bonds. The summed E-state index contributed by atoms with van der Waals surface area (Å²) in [6, 6.07) is 0. The summed E-state index contributed by atoms with van der Waals surface area (Å²) in [6.07, 6.45) is 0.0501. The van der Waals surface area contributed by atoms with Gasteiger partial charge in [0.2, 0.25) is 11.8 Å². The van der Waals surface area contributed by atoms with Crippen LogP contribution in [0.1, 0.15) is 6.42 Å². The number of nitrogens with two attached hydrogens (primary N) is 1. The number of hydrogen-bond acceptors (Lipinski definition) is 5. The molecule has 0 spiro atoms. The first-order valence-corrected chi connectivity index (χ1v) is 4.60. The fourth-order valence-electron chi connectivity index (χ4n) is 0.883. The van der Waals surface area contributed by atoms with Crippen LogP contribution >= 0.6 is 11.8 Å². The molecule has 0 saturated carbocycles. The van der Waals surface area contributed by atoms with Crippen molar-refractivity contribution in [3.63, 3.8) is 0 Å². The van der Waals surface area contributed by atoms with Crippen LogP contribution < -0.4 is 11.3 Å². The summed E-state index contributed by atoms with van der Waals surface area (Å²) in [6.45, 7) is 0.105. The van der Waals surface area contributed by atoms with Crippen molar-refractivity contribution in [3.05, 3.63) is 0 Å². The van der Waals surface area contributed by atoms with Crippen molar-refractivity contribution in [3.8, 4) is 0 Å². The number of hydrazine groups is 1. The van der Waals surface area contributed by atoms with Crippen LogP contribution in [-0.4, -0.2) is 34.3 Å². The highest BCUT2D eigenvalue weighted by Crippen LogP contribution is 2.18. The first-order chi connectivity index (χ1) is 6.15. The highest BCUT2D eigenvalue weighted by molar-refractivity contribution is 8.14. The van der Waals surface area contributed by atoms with Crippen molar-refractivity contribution < 1.29 is 14.4 Å². The van der Waals surface area contributed by atoms with E-state index >= 15 is 0 Å². The molecule has 3 N–H and O–H groups in total. The second-order valence-electron chi connectivity index (χ2n) is 2.42. The van der Waals surface area contributed by atoms with Gasteiger partial charge in [-0.05, 0) is 0 Å². The van der Waals surface area contributed by atoms with Gasteiger partial charge in [0, 0.05) is 13.0 Å². The smallest absolute Gasteiger partial charge is 0.288 e. The van der Waals surface area contributed by atoms with E-state index in [9.17, 15) is 14.4 Å². The van der Waals surface area contributed by atoms with Crippen molar-refractivity contribution in [2.75, 3.05) is 12.3 Å². The summed E-state index contributed by atoms with van der Waals surface area (Å²) in [5.74, 6) is 4.36. The number of nitrogens with one attached hydrogen (secondary N) is 1. The molecule has 72 valence electrons. The van der Waals surface area contributed by atoms with Gasteiger partial charge >= 0.3 is 0 Å². The van der Waals surface area contributed by atoms with E-state index in [1.807, 2.05) is 5.43 Å². The van der Waals surface area contributed by atoms with E-state index < -0.39 is 5.91 Å². The normalized spacial score (nSPS) is 16.5. The largest absolute Gasteiger partial charge is 0.294 e. The van der Waals surface area contributed by atoms with Gasteiger partial charge < -0.3 is 0 Å². The molecule has 1 fully saturated rings. The minimum atomic E-state index is -0.391. The number of amides is 3. The van der Waals surface area contributed by atoms with Gasteiger partial charge in [-0.15, -0.1) is 0 Å².